The van der Waals surface area contributed by atoms with Gasteiger partial charge in [-0.2, -0.15) is 5.26 Å². The molecule has 2 aromatic carbocycles. The van der Waals surface area contributed by atoms with Crippen LogP contribution in [0.2, 0.25) is 5.02 Å². The van der Waals surface area contributed by atoms with Crippen molar-refractivity contribution in [1.29, 1.82) is 5.26 Å². The Balaban J connectivity index is 1.83. The quantitative estimate of drug-likeness (QED) is 0.574. The van der Waals surface area contributed by atoms with Crippen LogP contribution in [0.1, 0.15) is 17.6 Å². The Labute approximate surface area is 193 Å². The molecule has 1 aromatic heterocycles. The predicted molar refractivity (Wildman–Crippen MR) is 117 cm³/mol. The van der Waals surface area contributed by atoms with Crippen molar-refractivity contribution in [3.63, 3.8) is 0 Å². The lowest BCUT2D eigenvalue weighted by atomic mass is 10.1. The molecule has 0 radical (unpaired) electrons. The Morgan fingerprint density at radius 2 is 1.97 bits per heavy atom. The van der Waals surface area contributed by atoms with Crippen molar-refractivity contribution in [2.75, 3.05) is 12.0 Å². The first-order valence-corrected chi connectivity index (χ1v) is 11.3. The summed E-state index contributed by atoms with van der Waals surface area (Å²) in [7, 11) is -2.69. The second-order valence-electron chi connectivity index (χ2n) is 7.01. The Morgan fingerprint density at radius 3 is 2.64 bits per heavy atom. The fourth-order valence-corrected chi connectivity index (χ4v) is 4.65. The number of benzene rings is 2. The highest BCUT2D eigenvalue weighted by atomic mass is 35.5. The van der Waals surface area contributed by atoms with Gasteiger partial charge in [0.1, 0.15) is 11.8 Å². The lowest BCUT2D eigenvalue weighted by Gasteiger charge is -2.23. The van der Waals surface area contributed by atoms with Gasteiger partial charge in [-0.15, -0.1) is 10.2 Å². The van der Waals surface area contributed by atoms with Gasteiger partial charge in [0.2, 0.25) is 21.8 Å². The number of carbonyl (C=O) groups is 1. The first-order valence-electron chi connectivity index (χ1n) is 9.42. The number of hydrogen-bond acceptors (Lipinski definition) is 9. The number of halogens is 1. The highest BCUT2D eigenvalue weighted by molar-refractivity contribution is 7.94. The van der Waals surface area contributed by atoms with Gasteiger partial charge in [-0.1, -0.05) is 23.7 Å². The third-order valence-corrected chi connectivity index (χ3v) is 6.62. The van der Waals surface area contributed by atoms with Crippen LogP contribution in [0.15, 0.2) is 62.9 Å². The molecule has 10 nitrogen and oxygen atoms in total. The van der Waals surface area contributed by atoms with Crippen LogP contribution in [0.25, 0.3) is 11.5 Å². The van der Waals surface area contributed by atoms with E-state index in [1.165, 1.54) is 30.2 Å². The molecule has 0 saturated carbocycles. The molecular weight excluding hydrogens is 470 g/mol. The summed E-state index contributed by atoms with van der Waals surface area (Å²) in [6.45, 7) is 0.0335. The highest BCUT2D eigenvalue weighted by Crippen LogP contribution is 2.36. The Morgan fingerprint density at radius 1 is 1.24 bits per heavy atom. The van der Waals surface area contributed by atoms with E-state index in [1.807, 2.05) is 6.07 Å². The lowest BCUT2D eigenvalue weighted by Crippen LogP contribution is -2.33. The molecule has 0 fully saturated rings. The SMILES string of the molecule is COC(C#N)c1nnc(-c2ccc3c(c2)N(Cc2ccc(Cl)cc2)C(=O)C(N)=CS3(=O)=O)o1. The largest absolute Gasteiger partial charge is 0.417 e. The first-order chi connectivity index (χ1) is 15.7. The summed E-state index contributed by atoms with van der Waals surface area (Å²) in [5.74, 6) is -0.719. The molecule has 33 heavy (non-hydrogen) atoms. The molecule has 1 amide bonds. The van der Waals surface area contributed by atoms with Crippen molar-refractivity contribution in [3.05, 3.63) is 70.0 Å². The van der Waals surface area contributed by atoms with Crippen LogP contribution in [0.5, 0.6) is 0 Å². The summed E-state index contributed by atoms with van der Waals surface area (Å²) in [4.78, 5) is 14.2. The van der Waals surface area contributed by atoms with Crippen LogP contribution in [-0.4, -0.2) is 31.6 Å². The molecule has 12 heteroatoms. The molecule has 1 aliphatic rings. The number of ether oxygens (including phenoxy) is 1. The Kier molecular flexibility index (Phi) is 5.90. The third-order valence-electron chi connectivity index (χ3n) is 4.85. The molecule has 4 rings (SSSR count). The number of nitriles is 1. The van der Waals surface area contributed by atoms with Crippen LogP contribution in [0, 0.1) is 11.3 Å². The van der Waals surface area contributed by atoms with Crippen LogP contribution in [0.3, 0.4) is 0 Å². The molecule has 0 saturated heterocycles. The monoisotopic (exact) mass is 485 g/mol. The normalized spacial score (nSPS) is 15.8. The maximum atomic E-state index is 13.0. The zero-order valence-corrected chi connectivity index (χ0v) is 18.7. The minimum absolute atomic E-state index is 0.0200. The van der Waals surface area contributed by atoms with Crippen molar-refractivity contribution in [2.45, 2.75) is 17.5 Å². The van der Waals surface area contributed by atoms with Gasteiger partial charge in [-0.3, -0.25) is 4.79 Å². The van der Waals surface area contributed by atoms with E-state index in [9.17, 15) is 13.2 Å². The molecule has 168 valence electrons. The lowest BCUT2D eigenvalue weighted by molar-refractivity contribution is -0.115. The summed E-state index contributed by atoms with van der Waals surface area (Å²) in [6, 6.07) is 12.9. The van der Waals surface area contributed by atoms with E-state index in [1.54, 1.807) is 24.3 Å². The van der Waals surface area contributed by atoms with Crippen LogP contribution < -0.4 is 10.6 Å². The molecule has 0 bridgehead atoms. The van der Waals surface area contributed by atoms with E-state index < -0.39 is 27.5 Å². The van der Waals surface area contributed by atoms with Crippen molar-refractivity contribution >= 4 is 33.0 Å². The molecule has 1 unspecified atom stereocenters. The third kappa shape index (κ3) is 4.31. The maximum Gasteiger partial charge on any atom is 0.275 e. The minimum Gasteiger partial charge on any atom is -0.417 e. The minimum atomic E-state index is -4.01. The van der Waals surface area contributed by atoms with Gasteiger partial charge in [-0.05, 0) is 35.9 Å². The van der Waals surface area contributed by atoms with E-state index in [0.29, 0.717) is 16.1 Å². The molecule has 2 N–H and O–H groups in total. The van der Waals surface area contributed by atoms with E-state index >= 15 is 0 Å². The van der Waals surface area contributed by atoms with E-state index in [0.717, 1.165) is 5.41 Å². The average Bonchev–Trinajstić information content (AvgIpc) is 3.26. The predicted octanol–water partition coefficient (Wildman–Crippen LogP) is 2.72. The molecule has 3 aromatic rings. The van der Waals surface area contributed by atoms with E-state index in [2.05, 4.69) is 10.2 Å². The summed E-state index contributed by atoms with van der Waals surface area (Å²) < 4.78 is 36.2. The fourth-order valence-electron chi connectivity index (χ4n) is 3.24. The van der Waals surface area contributed by atoms with E-state index in [4.69, 9.17) is 31.8 Å². The molecule has 2 heterocycles. The Hall–Kier alpha value is -3.72. The van der Waals surface area contributed by atoms with Gasteiger partial charge in [-0.25, -0.2) is 8.42 Å². The molecule has 1 atom stereocenters. The Bertz CT molecular complexity index is 1410. The van der Waals surface area contributed by atoms with Crippen molar-refractivity contribution in [2.24, 2.45) is 5.73 Å². The second kappa shape index (κ2) is 8.67. The number of amides is 1. The molecule has 1 aliphatic heterocycles. The topological polar surface area (TPSA) is 152 Å². The van der Waals surface area contributed by atoms with Crippen LogP contribution in [0.4, 0.5) is 5.69 Å². The van der Waals surface area contributed by atoms with Crippen LogP contribution >= 0.6 is 11.6 Å². The fraction of sp³-hybridized carbons (Fsp3) is 0.143. The number of methoxy groups -OCH3 is 1. The molecule has 0 spiro atoms. The van der Waals surface area contributed by atoms with E-state index in [-0.39, 0.29) is 28.9 Å². The number of nitrogens with two attached hydrogens (primary N) is 1. The van der Waals surface area contributed by atoms with Gasteiger partial charge in [0.15, 0.2) is 0 Å². The number of anilines is 1. The number of aromatic nitrogens is 2. The van der Waals surface area contributed by atoms with Gasteiger partial charge >= 0.3 is 0 Å². The van der Waals surface area contributed by atoms with Crippen LogP contribution in [-0.2, 0) is 25.9 Å². The van der Waals surface area contributed by atoms with Crippen molar-refractivity contribution in [3.8, 4) is 17.5 Å². The summed E-state index contributed by atoms with van der Waals surface area (Å²) in [5.41, 5.74) is 6.51. The first kappa shape index (κ1) is 22.5. The zero-order valence-electron chi connectivity index (χ0n) is 17.1. The summed E-state index contributed by atoms with van der Waals surface area (Å²) >= 11 is 5.94. The van der Waals surface area contributed by atoms with Gasteiger partial charge < -0.3 is 19.8 Å². The number of nitrogens with zero attached hydrogens (tertiary/aromatic N) is 4. The number of carbonyl (C=O) groups excluding carboxylic acids is 1. The molecule has 0 aliphatic carbocycles. The van der Waals surface area contributed by atoms with Gasteiger partial charge in [0, 0.05) is 17.7 Å². The highest BCUT2D eigenvalue weighted by Gasteiger charge is 2.32. The van der Waals surface area contributed by atoms with Crippen molar-refractivity contribution in [1.82, 2.24) is 10.2 Å². The van der Waals surface area contributed by atoms with Crippen molar-refractivity contribution < 1.29 is 22.4 Å². The standard InChI is InChI=1S/C21H16ClN5O5S/c1-31-17(9-23)20-26-25-19(32-20)13-4-7-18-16(8-13)27(10-12-2-5-14(22)6-3-12)21(28)15(24)11-33(18,29)30/h2-8,11,17H,10,24H2,1H3. The zero-order chi connectivity index (χ0) is 23.8. The maximum absolute atomic E-state index is 13.0. The van der Waals surface area contributed by atoms with Gasteiger partial charge in [0.05, 0.1) is 22.5 Å². The smallest absolute Gasteiger partial charge is 0.275 e. The number of sulfone groups is 1. The second-order valence-corrected chi connectivity index (χ2v) is 9.21. The number of rotatable bonds is 5. The molecular formula is C21H16ClN5O5S. The summed E-state index contributed by atoms with van der Waals surface area (Å²) in [5, 5.41) is 18.1. The average molecular weight is 486 g/mol. The summed E-state index contributed by atoms with van der Waals surface area (Å²) in [6.07, 6.45) is -1.06. The number of fused-ring (bicyclic) bond motifs is 1. The van der Waals surface area contributed by atoms with Gasteiger partial charge in [0.25, 0.3) is 11.8 Å². The number of hydrogen-bond donors (Lipinski definition) is 1.